The molecule has 1 rings (SSSR count). The number of rotatable bonds is 1. The van der Waals surface area contributed by atoms with E-state index in [1.807, 2.05) is 0 Å². The first kappa shape index (κ1) is 8.86. The molecule has 5 heteroatoms. The van der Waals surface area contributed by atoms with Crippen LogP contribution >= 0.6 is 12.2 Å². The highest BCUT2D eigenvalue weighted by atomic mass is 32.1. The molecule has 0 heterocycles. The van der Waals surface area contributed by atoms with E-state index in [1.54, 1.807) is 0 Å². The molecule has 1 aliphatic carbocycles. The summed E-state index contributed by atoms with van der Waals surface area (Å²) >= 11 is 4.83. The standard InChI is InChI=1S/C7H7FN2OS/c8-4-1-2-6(12)5(3-4)10-7(9)11/h1-3,5H,(H3,9,10,11). The number of thiocarbonyl (C=S) groups is 1. The number of carbonyl (C=O) groups is 1. The van der Waals surface area contributed by atoms with Gasteiger partial charge in [-0.05, 0) is 18.2 Å². The first-order valence-corrected chi connectivity index (χ1v) is 3.65. The zero-order valence-corrected chi connectivity index (χ0v) is 6.90. The summed E-state index contributed by atoms with van der Waals surface area (Å²) < 4.78 is 12.6. The highest BCUT2D eigenvalue weighted by Gasteiger charge is 2.15. The van der Waals surface area contributed by atoms with Crippen LogP contribution in [0.2, 0.25) is 0 Å². The summed E-state index contributed by atoms with van der Waals surface area (Å²) in [4.78, 5) is 10.8. The van der Waals surface area contributed by atoms with E-state index in [2.05, 4.69) is 5.32 Å². The maximum Gasteiger partial charge on any atom is 0.312 e. The van der Waals surface area contributed by atoms with E-state index in [-0.39, 0.29) is 0 Å². The number of halogens is 1. The summed E-state index contributed by atoms with van der Waals surface area (Å²) in [5, 5.41) is 2.29. The predicted octanol–water partition coefficient (Wildman–Crippen LogP) is 0.816. The Balaban J connectivity index is 2.71. The number of nitrogens with one attached hydrogen (secondary N) is 1. The van der Waals surface area contributed by atoms with Crippen molar-refractivity contribution in [3.63, 3.8) is 0 Å². The lowest BCUT2D eigenvalue weighted by molar-refractivity contribution is 0.249. The summed E-state index contributed by atoms with van der Waals surface area (Å²) in [5.41, 5.74) is 4.85. The number of hydrogen-bond donors (Lipinski definition) is 2. The molecule has 0 spiro atoms. The number of carbonyl (C=O) groups excluding carboxylic acids is 1. The van der Waals surface area contributed by atoms with Gasteiger partial charge in [-0.2, -0.15) is 0 Å². The molecule has 0 aliphatic heterocycles. The summed E-state index contributed by atoms with van der Waals surface area (Å²) in [6, 6.07) is -1.32. The van der Waals surface area contributed by atoms with Gasteiger partial charge in [0.25, 0.3) is 0 Å². The van der Waals surface area contributed by atoms with Crippen LogP contribution in [0.3, 0.4) is 0 Å². The van der Waals surface area contributed by atoms with Gasteiger partial charge in [-0.1, -0.05) is 12.2 Å². The monoisotopic (exact) mass is 186 g/mol. The van der Waals surface area contributed by atoms with Gasteiger partial charge in [-0.15, -0.1) is 0 Å². The van der Waals surface area contributed by atoms with Crippen LogP contribution in [0.15, 0.2) is 24.1 Å². The summed E-state index contributed by atoms with van der Waals surface area (Å²) in [6.07, 6.45) is 3.86. The molecule has 12 heavy (non-hydrogen) atoms. The molecule has 1 atom stereocenters. The molecule has 0 radical (unpaired) electrons. The van der Waals surface area contributed by atoms with Gasteiger partial charge in [0, 0.05) is 4.86 Å². The smallest absolute Gasteiger partial charge is 0.312 e. The van der Waals surface area contributed by atoms with Crippen molar-refractivity contribution in [2.45, 2.75) is 6.04 Å². The molecule has 0 saturated carbocycles. The average molecular weight is 186 g/mol. The molecule has 1 unspecified atom stereocenters. The van der Waals surface area contributed by atoms with Crippen LogP contribution in [-0.4, -0.2) is 16.9 Å². The molecule has 0 bridgehead atoms. The molecular formula is C7H7FN2OS. The molecule has 3 nitrogen and oxygen atoms in total. The van der Waals surface area contributed by atoms with Gasteiger partial charge < -0.3 is 11.1 Å². The Kier molecular flexibility index (Phi) is 2.54. The maximum absolute atomic E-state index is 12.6. The number of allylic oxidation sites excluding steroid dienone is 2. The van der Waals surface area contributed by atoms with Crippen LogP contribution in [0.5, 0.6) is 0 Å². The minimum Gasteiger partial charge on any atom is -0.352 e. The van der Waals surface area contributed by atoms with Crippen molar-refractivity contribution in [3.8, 4) is 0 Å². The summed E-state index contributed by atoms with van der Waals surface area (Å²) in [7, 11) is 0. The third-order valence-corrected chi connectivity index (χ3v) is 1.73. The van der Waals surface area contributed by atoms with Crippen LogP contribution < -0.4 is 11.1 Å². The Bertz CT molecular complexity index is 285. The number of amides is 2. The topological polar surface area (TPSA) is 55.1 Å². The molecule has 64 valence electrons. The lowest BCUT2D eigenvalue weighted by Gasteiger charge is -2.14. The van der Waals surface area contributed by atoms with E-state index in [0.717, 1.165) is 0 Å². The van der Waals surface area contributed by atoms with E-state index in [4.69, 9.17) is 18.0 Å². The average Bonchev–Trinajstić information content (AvgIpc) is 1.96. The first-order chi connectivity index (χ1) is 5.59. The van der Waals surface area contributed by atoms with Gasteiger partial charge in [0.15, 0.2) is 0 Å². The fraction of sp³-hybridized carbons (Fsp3) is 0.143. The fourth-order valence-corrected chi connectivity index (χ4v) is 1.02. The van der Waals surface area contributed by atoms with Gasteiger partial charge in [0.05, 0.1) is 6.04 Å². The first-order valence-electron chi connectivity index (χ1n) is 3.25. The molecule has 0 aromatic heterocycles. The van der Waals surface area contributed by atoms with Gasteiger partial charge in [0.1, 0.15) is 5.83 Å². The summed E-state index contributed by atoms with van der Waals surface area (Å²) in [6.45, 7) is 0. The van der Waals surface area contributed by atoms with Crippen molar-refractivity contribution in [2.24, 2.45) is 5.73 Å². The zero-order valence-electron chi connectivity index (χ0n) is 6.08. The fourth-order valence-electron chi connectivity index (χ4n) is 0.828. The second-order valence-electron chi connectivity index (χ2n) is 2.27. The maximum atomic E-state index is 12.6. The van der Waals surface area contributed by atoms with Gasteiger partial charge in [-0.3, -0.25) is 0 Å². The molecule has 0 aromatic rings. The molecule has 0 saturated heterocycles. The van der Waals surface area contributed by atoms with Crippen LogP contribution in [0, 0.1) is 0 Å². The minimum absolute atomic E-state index is 0.428. The van der Waals surface area contributed by atoms with Gasteiger partial charge >= 0.3 is 6.03 Å². The van der Waals surface area contributed by atoms with Gasteiger partial charge in [0.2, 0.25) is 0 Å². The minimum atomic E-state index is -0.721. The van der Waals surface area contributed by atoms with Crippen molar-refractivity contribution < 1.29 is 9.18 Å². The van der Waals surface area contributed by atoms with Crippen molar-refractivity contribution in [1.82, 2.24) is 5.32 Å². The highest BCUT2D eigenvalue weighted by Crippen LogP contribution is 2.09. The van der Waals surface area contributed by atoms with E-state index in [0.29, 0.717) is 4.86 Å². The Morgan fingerprint density at radius 3 is 2.92 bits per heavy atom. The van der Waals surface area contributed by atoms with Crippen LogP contribution in [-0.2, 0) is 0 Å². The molecule has 3 N–H and O–H groups in total. The SMILES string of the molecule is NC(=O)NC1C=C(F)C=CC1=S. The normalized spacial score (nSPS) is 21.9. The van der Waals surface area contributed by atoms with E-state index >= 15 is 0 Å². The molecule has 0 fully saturated rings. The van der Waals surface area contributed by atoms with E-state index in [1.165, 1.54) is 18.2 Å². The van der Waals surface area contributed by atoms with Crippen LogP contribution in [0.1, 0.15) is 0 Å². The third kappa shape index (κ3) is 2.13. The lowest BCUT2D eigenvalue weighted by Crippen LogP contribution is -2.42. The highest BCUT2D eigenvalue weighted by molar-refractivity contribution is 7.80. The quantitative estimate of drug-likeness (QED) is 0.595. The molecule has 2 amide bonds. The number of hydrogen-bond acceptors (Lipinski definition) is 2. The van der Waals surface area contributed by atoms with Gasteiger partial charge in [-0.25, -0.2) is 9.18 Å². The summed E-state index contributed by atoms with van der Waals surface area (Å²) in [5.74, 6) is -0.428. The van der Waals surface area contributed by atoms with Crippen LogP contribution in [0.4, 0.5) is 9.18 Å². The molecular weight excluding hydrogens is 179 g/mol. The zero-order chi connectivity index (χ0) is 9.14. The molecule has 0 aromatic carbocycles. The van der Waals surface area contributed by atoms with E-state index < -0.39 is 17.9 Å². The van der Waals surface area contributed by atoms with E-state index in [9.17, 15) is 9.18 Å². The Morgan fingerprint density at radius 2 is 2.33 bits per heavy atom. The molecule has 1 aliphatic rings. The number of urea groups is 1. The second kappa shape index (κ2) is 3.44. The third-order valence-electron chi connectivity index (χ3n) is 1.34. The number of primary amides is 1. The van der Waals surface area contributed by atoms with Crippen molar-refractivity contribution in [3.05, 3.63) is 24.1 Å². The van der Waals surface area contributed by atoms with Crippen molar-refractivity contribution in [2.75, 3.05) is 0 Å². The Morgan fingerprint density at radius 1 is 1.67 bits per heavy atom. The predicted molar refractivity (Wildman–Crippen MR) is 47.4 cm³/mol. The van der Waals surface area contributed by atoms with Crippen molar-refractivity contribution >= 4 is 23.1 Å². The largest absolute Gasteiger partial charge is 0.352 e. The van der Waals surface area contributed by atoms with Crippen molar-refractivity contribution in [1.29, 1.82) is 0 Å². The lowest BCUT2D eigenvalue weighted by atomic mass is 10.1. The Hall–Kier alpha value is -1.23. The second-order valence-corrected chi connectivity index (χ2v) is 2.74. The Labute approximate surface area is 74.1 Å². The number of nitrogens with two attached hydrogens (primary N) is 1. The van der Waals surface area contributed by atoms with Crippen LogP contribution in [0.25, 0.3) is 0 Å².